The van der Waals surface area contributed by atoms with Crippen LogP contribution in [0.2, 0.25) is 0 Å². The Kier molecular flexibility index (Phi) is 7.78. The van der Waals surface area contributed by atoms with Crippen LogP contribution in [-0.4, -0.2) is 49.9 Å². The second kappa shape index (κ2) is 8.70. The van der Waals surface area contributed by atoms with Crippen LogP contribution >= 0.6 is 15.2 Å². The van der Waals surface area contributed by atoms with Gasteiger partial charge in [0.05, 0.1) is 20.1 Å². The van der Waals surface area contributed by atoms with Gasteiger partial charge in [0, 0.05) is 6.42 Å². The SMILES string of the molecule is C[NH+](CCCCc1ccccc1)CCC(O)(P(=O)(O)O)P(=O)(O)O. The summed E-state index contributed by atoms with van der Waals surface area (Å²) < 4.78 is 22.5. The molecule has 0 saturated heterocycles. The van der Waals surface area contributed by atoms with Crippen LogP contribution in [0.1, 0.15) is 24.8 Å². The molecule has 0 aromatic heterocycles. The van der Waals surface area contributed by atoms with E-state index in [1.807, 2.05) is 30.3 Å². The molecule has 0 aliphatic heterocycles. The minimum atomic E-state index is -5.36. The molecule has 10 heteroatoms. The monoisotopic (exact) mass is 382 g/mol. The summed E-state index contributed by atoms with van der Waals surface area (Å²) >= 11 is 0. The molecule has 0 amide bonds. The summed E-state index contributed by atoms with van der Waals surface area (Å²) in [5, 5.41) is 6.50. The first-order valence-corrected chi connectivity index (χ1v) is 10.9. The van der Waals surface area contributed by atoms with E-state index in [4.69, 9.17) is 19.6 Å². The summed E-state index contributed by atoms with van der Waals surface area (Å²) in [5.41, 5.74) is 1.23. The second-order valence-electron chi connectivity index (χ2n) is 6.01. The molecule has 138 valence electrons. The van der Waals surface area contributed by atoms with Crippen LogP contribution in [0.4, 0.5) is 0 Å². The molecule has 0 fully saturated rings. The number of nitrogens with one attached hydrogen (secondary N) is 1. The molecular weight excluding hydrogens is 356 g/mol. The van der Waals surface area contributed by atoms with Crippen molar-refractivity contribution in [3.8, 4) is 0 Å². The topological polar surface area (TPSA) is 140 Å². The van der Waals surface area contributed by atoms with Gasteiger partial charge in [-0.05, 0) is 24.8 Å². The van der Waals surface area contributed by atoms with E-state index >= 15 is 0 Å². The lowest BCUT2D eigenvalue weighted by Crippen LogP contribution is -3.09. The zero-order chi connectivity index (χ0) is 18.4. The van der Waals surface area contributed by atoms with E-state index in [0.717, 1.165) is 24.2 Å². The third-order valence-electron chi connectivity index (χ3n) is 3.98. The molecule has 24 heavy (non-hydrogen) atoms. The Balaban J connectivity index is 2.43. The van der Waals surface area contributed by atoms with Gasteiger partial charge in [-0.25, -0.2) is 0 Å². The average molecular weight is 382 g/mol. The third kappa shape index (κ3) is 6.06. The zero-order valence-electron chi connectivity index (χ0n) is 13.6. The molecule has 8 nitrogen and oxygen atoms in total. The van der Waals surface area contributed by atoms with E-state index in [2.05, 4.69) is 0 Å². The molecule has 0 aliphatic rings. The average Bonchev–Trinajstić information content (AvgIpc) is 2.48. The predicted molar refractivity (Wildman–Crippen MR) is 89.7 cm³/mol. The van der Waals surface area contributed by atoms with Crippen LogP contribution in [0.5, 0.6) is 0 Å². The van der Waals surface area contributed by atoms with Gasteiger partial charge in [0.25, 0.3) is 5.08 Å². The fourth-order valence-corrected chi connectivity index (χ4v) is 4.53. The van der Waals surface area contributed by atoms with Gasteiger partial charge in [-0.2, -0.15) is 0 Å². The summed E-state index contributed by atoms with van der Waals surface area (Å²) in [6.45, 7) is 0.712. The Morgan fingerprint density at radius 1 is 0.958 bits per heavy atom. The molecule has 1 atom stereocenters. The highest BCUT2D eigenvalue weighted by Gasteiger charge is 2.59. The lowest BCUT2D eigenvalue weighted by Gasteiger charge is -2.29. The van der Waals surface area contributed by atoms with Crippen molar-refractivity contribution < 1.29 is 38.7 Å². The van der Waals surface area contributed by atoms with E-state index in [0.29, 0.717) is 6.54 Å². The van der Waals surface area contributed by atoms with Crippen molar-refractivity contribution in [3.63, 3.8) is 0 Å². The molecule has 0 heterocycles. The number of unbranched alkanes of at least 4 members (excludes halogenated alkanes) is 1. The summed E-state index contributed by atoms with van der Waals surface area (Å²) in [4.78, 5) is 37.2. The normalized spacial score (nSPS) is 14.6. The highest BCUT2D eigenvalue weighted by molar-refractivity contribution is 7.72. The fourth-order valence-electron chi connectivity index (χ4n) is 2.37. The third-order valence-corrected chi connectivity index (χ3v) is 7.86. The van der Waals surface area contributed by atoms with Gasteiger partial charge < -0.3 is 29.6 Å². The van der Waals surface area contributed by atoms with Crippen molar-refractivity contribution in [3.05, 3.63) is 35.9 Å². The molecular formula is C14H26NO7P2+. The molecule has 0 spiro atoms. The van der Waals surface area contributed by atoms with Gasteiger partial charge in [0.15, 0.2) is 0 Å². The molecule has 0 radical (unpaired) electrons. The first-order valence-electron chi connectivity index (χ1n) is 7.66. The zero-order valence-corrected chi connectivity index (χ0v) is 15.4. The summed E-state index contributed by atoms with van der Waals surface area (Å²) in [6.07, 6.45) is 2.03. The molecule has 0 aliphatic carbocycles. The van der Waals surface area contributed by atoms with E-state index in [9.17, 15) is 14.2 Å². The van der Waals surface area contributed by atoms with Crippen molar-refractivity contribution in [2.75, 3.05) is 20.1 Å². The van der Waals surface area contributed by atoms with Crippen LogP contribution in [-0.2, 0) is 15.6 Å². The lowest BCUT2D eigenvalue weighted by atomic mass is 10.1. The number of aryl methyl sites for hydroxylation is 1. The Labute approximate surface area is 141 Å². The molecule has 0 saturated carbocycles. The molecule has 6 N–H and O–H groups in total. The van der Waals surface area contributed by atoms with Crippen molar-refractivity contribution in [2.45, 2.75) is 30.8 Å². The van der Waals surface area contributed by atoms with Crippen LogP contribution in [0, 0.1) is 0 Å². The minimum Gasteiger partial charge on any atom is -0.367 e. The van der Waals surface area contributed by atoms with Crippen LogP contribution in [0.15, 0.2) is 30.3 Å². The summed E-state index contributed by atoms with van der Waals surface area (Å²) in [5.74, 6) is 0. The fraction of sp³-hybridized carbons (Fsp3) is 0.571. The molecule has 1 unspecified atom stereocenters. The number of benzene rings is 1. The second-order valence-corrected chi connectivity index (χ2v) is 10.0. The smallest absolute Gasteiger partial charge is 0.367 e. The van der Waals surface area contributed by atoms with Gasteiger partial charge in [-0.3, -0.25) is 9.13 Å². The maximum atomic E-state index is 11.3. The number of aliphatic hydroxyl groups is 1. The van der Waals surface area contributed by atoms with E-state index in [-0.39, 0.29) is 6.54 Å². The number of rotatable bonds is 10. The summed E-state index contributed by atoms with van der Waals surface area (Å²) in [6, 6.07) is 9.97. The van der Waals surface area contributed by atoms with Gasteiger partial charge in [0.2, 0.25) is 0 Å². The van der Waals surface area contributed by atoms with E-state index < -0.39 is 26.7 Å². The van der Waals surface area contributed by atoms with Crippen molar-refractivity contribution >= 4 is 15.2 Å². The van der Waals surface area contributed by atoms with Gasteiger partial charge in [-0.1, -0.05) is 30.3 Å². The molecule has 1 aromatic carbocycles. The minimum absolute atomic E-state index is 0.0397. The molecule has 1 aromatic rings. The van der Waals surface area contributed by atoms with Crippen molar-refractivity contribution in [2.24, 2.45) is 0 Å². The van der Waals surface area contributed by atoms with Gasteiger partial charge in [-0.15, -0.1) is 0 Å². The maximum absolute atomic E-state index is 11.3. The number of hydrogen-bond donors (Lipinski definition) is 6. The van der Waals surface area contributed by atoms with Crippen LogP contribution in [0.3, 0.4) is 0 Å². The number of hydrogen-bond acceptors (Lipinski definition) is 3. The van der Waals surface area contributed by atoms with Crippen molar-refractivity contribution in [1.82, 2.24) is 0 Å². The lowest BCUT2D eigenvalue weighted by molar-refractivity contribution is -0.880. The quantitative estimate of drug-likeness (QED) is 0.246. The summed E-state index contributed by atoms with van der Waals surface area (Å²) in [7, 11) is -8.96. The van der Waals surface area contributed by atoms with Gasteiger partial charge >= 0.3 is 15.2 Å². The number of quaternary nitrogens is 1. The van der Waals surface area contributed by atoms with Crippen molar-refractivity contribution in [1.29, 1.82) is 0 Å². The Hall–Kier alpha value is -0.560. The van der Waals surface area contributed by atoms with E-state index in [1.165, 1.54) is 5.56 Å². The van der Waals surface area contributed by atoms with Gasteiger partial charge in [0.1, 0.15) is 0 Å². The van der Waals surface area contributed by atoms with Crippen LogP contribution < -0.4 is 4.90 Å². The Morgan fingerprint density at radius 3 is 2.00 bits per heavy atom. The predicted octanol–water partition coefficient (Wildman–Crippen LogP) is -0.0844. The largest absolute Gasteiger partial charge is 0.369 e. The Bertz CT molecular complexity index is 576. The standard InChI is InChI=1S/C14H25NO7P2/c1-15(11-6-5-9-13-7-3-2-4-8-13)12-10-14(16,23(17,18)19)24(20,21)22/h2-4,7-8,16H,5-6,9-12H2,1H3,(H2,17,18,19)(H2,20,21,22)/p+1. The van der Waals surface area contributed by atoms with Crippen LogP contribution in [0.25, 0.3) is 0 Å². The maximum Gasteiger partial charge on any atom is 0.369 e. The molecule has 1 rings (SSSR count). The highest BCUT2D eigenvalue weighted by atomic mass is 31.2. The molecule has 0 bridgehead atoms. The van der Waals surface area contributed by atoms with E-state index in [1.54, 1.807) is 7.05 Å². The first-order chi connectivity index (χ1) is 11.0. The Morgan fingerprint density at radius 2 is 1.50 bits per heavy atom. The first kappa shape index (κ1) is 21.5. The highest BCUT2D eigenvalue weighted by Crippen LogP contribution is 2.68.